The molecule has 2 rings (SSSR count). The lowest BCUT2D eigenvalue weighted by atomic mass is 10.0. The Balaban J connectivity index is 2.05. The third-order valence-corrected chi connectivity index (χ3v) is 3.71. The van der Waals surface area contributed by atoms with Crippen LogP contribution in [0.1, 0.15) is 34.3 Å². The molecule has 3 N–H and O–H groups in total. The van der Waals surface area contributed by atoms with Crippen molar-refractivity contribution in [1.82, 2.24) is 5.32 Å². The maximum Gasteiger partial charge on any atom is 0.336 e. The summed E-state index contributed by atoms with van der Waals surface area (Å²) in [5.41, 5.74) is 2.23. The lowest BCUT2D eigenvalue weighted by Crippen LogP contribution is -2.41. The van der Waals surface area contributed by atoms with Gasteiger partial charge in [0.15, 0.2) is 0 Å². The van der Waals surface area contributed by atoms with E-state index in [4.69, 9.17) is 9.84 Å². The lowest BCUT2D eigenvalue weighted by molar-refractivity contribution is 0.0695. The number of benzene rings is 1. The molecule has 0 spiro atoms. The van der Waals surface area contributed by atoms with E-state index in [-0.39, 0.29) is 17.6 Å². The number of carbonyl (C=O) groups excluding carboxylic acids is 1. The van der Waals surface area contributed by atoms with E-state index in [1.807, 2.05) is 6.92 Å². The SMILES string of the molecule is Cc1cc(NC(=O)NC2CCOCC2)cc(C(=O)O)c1C. The molecule has 6 nitrogen and oxygen atoms in total. The molecule has 1 fully saturated rings. The van der Waals surface area contributed by atoms with E-state index < -0.39 is 5.97 Å². The number of carbonyl (C=O) groups is 2. The third-order valence-electron chi connectivity index (χ3n) is 3.71. The van der Waals surface area contributed by atoms with Crippen molar-refractivity contribution in [2.45, 2.75) is 32.7 Å². The number of aryl methyl sites for hydroxylation is 1. The van der Waals surface area contributed by atoms with Crippen LogP contribution in [0.3, 0.4) is 0 Å². The van der Waals surface area contributed by atoms with Gasteiger partial charge in [0.2, 0.25) is 0 Å². The van der Waals surface area contributed by atoms with Gasteiger partial charge in [0.1, 0.15) is 0 Å². The maximum atomic E-state index is 11.9. The number of ether oxygens (including phenoxy) is 1. The second kappa shape index (κ2) is 6.58. The molecule has 0 aromatic heterocycles. The number of carboxylic acid groups (broad SMARTS) is 1. The normalized spacial score (nSPS) is 15.5. The first-order chi connectivity index (χ1) is 9.97. The zero-order chi connectivity index (χ0) is 15.4. The number of nitrogens with one attached hydrogen (secondary N) is 2. The molecule has 1 aromatic rings. The molecular weight excluding hydrogens is 272 g/mol. The van der Waals surface area contributed by atoms with Gasteiger partial charge in [-0.1, -0.05) is 0 Å². The van der Waals surface area contributed by atoms with Crippen LogP contribution in [0, 0.1) is 13.8 Å². The fraction of sp³-hybridized carbons (Fsp3) is 0.467. The highest BCUT2D eigenvalue weighted by atomic mass is 16.5. The average molecular weight is 292 g/mol. The molecule has 0 bridgehead atoms. The monoisotopic (exact) mass is 292 g/mol. The van der Waals surface area contributed by atoms with Crippen LogP contribution in [0.4, 0.5) is 10.5 Å². The summed E-state index contributed by atoms with van der Waals surface area (Å²) in [6, 6.07) is 3.03. The van der Waals surface area contributed by atoms with E-state index in [2.05, 4.69) is 10.6 Å². The van der Waals surface area contributed by atoms with Crippen molar-refractivity contribution in [2.75, 3.05) is 18.5 Å². The molecule has 6 heteroatoms. The summed E-state index contributed by atoms with van der Waals surface area (Å²) >= 11 is 0. The van der Waals surface area contributed by atoms with Gasteiger partial charge in [-0.3, -0.25) is 0 Å². The van der Waals surface area contributed by atoms with Crippen molar-refractivity contribution in [3.05, 3.63) is 28.8 Å². The first-order valence-corrected chi connectivity index (χ1v) is 6.97. The molecule has 1 aliphatic rings. The molecule has 0 unspecified atom stereocenters. The Labute approximate surface area is 123 Å². The molecular formula is C15H20N2O4. The highest BCUT2D eigenvalue weighted by molar-refractivity contribution is 5.94. The fourth-order valence-corrected chi connectivity index (χ4v) is 2.35. The fourth-order valence-electron chi connectivity index (χ4n) is 2.35. The van der Waals surface area contributed by atoms with Gasteiger partial charge in [0.25, 0.3) is 0 Å². The number of aromatic carboxylic acids is 1. The summed E-state index contributed by atoms with van der Waals surface area (Å²) in [4.78, 5) is 23.1. The topological polar surface area (TPSA) is 87.7 Å². The van der Waals surface area contributed by atoms with Crippen LogP contribution in [0.5, 0.6) is 0 Å². The number of urea groups is 1. The van der Waals surface area contributed by atoms with Gasteiger partial charge in [-0.05, 0) is 49.9 Å². The second-order valence-corrected chi connectivity index (χ2v) is 5.26. The van der Waals surface area contributed by atoms with Gasteiger partial charge < -0.3 is 20.5 Å². The zero-order valence-electron chi connectivity index (χ0n) is 12.2. The van der Waals surface area contributed by atoms with Crippen LogP contribution in [0.15, 0.2) is 12.1 Å². The summed E-state index contributed by atoms with van der Waals surface area (Å²) in [5, 5.41) is 14.7. The summed E-state index contributed by atoms with van der Waals surface area (Å²) in [6.45, 7) is 4.88. The Morgan fingerprint density at radius 2 is 1.90 bits per heavy atom. The molecule has 114 valence electrons. The minimum absolute atomic E-state index is 0.101. The molecule has 0 atom stereocenters. The van der Waals surface area contributed by atoms with Crippen LogP contribution < -0.4 is 10.6 Å². The third kappa shape index (κ3) is 3.95. The van der Waals surface area contributed by atoms with Gasteiger partial charge in [0.05, 0.1) is 5.56 Å². The Bertz CT molecular complexity index is 551. The van der Waals surface area contributed by atoms with Crippen molar-refractivity contribution < 1.29 is 19.4 Å². The van der Waals surface area contributed by atoms with Gasteiger partial charge >= 0.3 is 12.0 Å². The highest BCUT2D eigenvalue weighted by Gasteiger charge is 2.17. The smallest absolute Gasteiger partial charge is 0.336 e. The molecule has 1 heterocycles. The molecule has 1 saturated heterocycles. The van der Waals surface area contributed by atoms with Crippen molar-refractivity contribution in [3.63, 3.8) is 0 Å². The molecule has 1 aliphatic heterocycles. The number of hydrogen-bond donors (Lipinski definition) is 3. The molecule has 2 amide bonds. The van der Waals surface area contributed by atoms with E-state index in [0.717, 1.165) is 18.4 Å². The quantitative estimate of drug-likeness (QED) is 0.797. The second-order valence-electron chi connectivity index (χ2n) is 5.26. The largest absolute Gasteiger partial charge is 0.478 e. The molecule has 0 aliphatic carbocycles. The van der Waals surface area contributed by atoms with E-state index in [1.165, 1.54) is 6.07 Å². The number of carboxylic acids is 1. The maximum absolute atomic E-state index is 11.9. The number of anilines is 1. The zero-order valence-corrected chi connectivity index (χ0v) is 12.2. The minimum Gasteiger partial charge on any atom is -0.478 e. The predicted molar refractivity (Wildman–Crippen MR) is 78.9 cm³/mol. The Morgan fingerprint density at radius 1 is 1.24 bits per heavy atom. The first kappa shape index (κ1) is 15.3. The summed E-state index contributed by atoms with van der Waals surface area (Å²) < 4.78 is 5.23. The van der Waals surface area contributed by atoms with Crippen LogP contribution in [0.2, 0.25) is 0 Å². The van der Waals surface area contributed by atoms with Gasteiger partial charge in [-0.2, -0.15) is 0 Å². The minimum atomic E-state index is -0.996. The van der Waals surface area contributed by atoms with Crippen LogP contribution in [-0.4, -0.2) is 36.4 Å². The standard InChI is InChI=1S/C15H20N2O4/c1-9-7-12(8-13(10(9)2)14(18)19)17-15(20)16-11-3-5-21-6-4-11/h7-8,11H,3-6H2,1-2H3,(H,18,19)(H2,16,17,20). The number of hydrogen-bond acceptors (Lipinski definition) is 3. The number of rotatable bonds is 3. The first-order valence-electron chi connectivity index (χ1n) is 6.97. The summed E-state index contributed by atoms with van der Waals surface area (Å²) in [7, 11) is 0. The Morgan fingerprint density at radius 3 is 2.52 bits per heavy atom. The van der Waals surface area contributed by atoms with E-state index in [9.17, 15) is 9.59 Å². The lowest BCUT2D eigenvalue weighted by Gasteiger charge is -2.23. The van der Waals surface area contributed by atoms with Crippen molar-refractivity contribution in [2.24, 2.45) is 0 Å². The van der Waals surface area contributed by atoms with Crippen LogP contribution in [0.25, 0.3) is 0 Å². The van der Waals surface area contributed by atoms with E-state index >= 15 is 0 Å². The van der Waals surface area contributed by atoms with Crippen molar-refractivity contribution >= 4 is 17.7 Å². The van der Waals surface area contributed by atoms with E-state index in [1.54, 1.807) is 13.0 Å². The average Bonchev–Trinajstić information content (AvgIpc) is 2.43. The van der Waals surface area contributed by atoms with Crippen molar-refractivity contribution in [3.8, 4) is 0 Å². The van der Waals surface area contributed by atoms with Crippen molar-refractivity contribution in [1.29, 1.82) is 0 Å². The Hall–Kier alpha value is -2.08. The van der Waals surface area contributed by atoms with Crippen LogP contribution >= 0.6 is 0 Å². The molecule has 0 radical (unpaired) electrons. The van der Waals surface area contributed by atoms with E-state index in [0.29, 0.717) is 24.5 Å². The van der Waals surface area contributed by atoms with Crippen LogP contribution in [-0.2, 0) is 4.74 Å². The number of amides is 2. The van der Waals surface area contributed by atoms with Gasteiger partial charge in [0, 0.05) is 24.9 Å². The highest BCUT2D eigenvalue weighted by Crippen LogP contribution is 2.20. The van der Waals surface area contributed by atoms with Gasteiger partial charge in [-0.15, -0.1) is 0 Å². The summed E-state index contributed by atoms with van der Waals surface area (Å²) in [5.74, 6) is -0.996. The Kier molecular flexibility index (Phi) is 4.80. The summed E-state index contributed by atoms with van der Waals surface area (Å²) in [6.07, 6.45) is 1.58. The molecule has 1 aromatic carbocycles. The van der Waals surface area contributed by atoms with Gasteiger partial charge in [-0.25, -0.2) is 9.59 Å². The molecule has 21 heavy (non-hydrogen) atoms. The predicted octanol–water partition coefficient (Wildman–Crippen LogP) is 2.30. The molecule has 0 saturated carbocycles.